The lowest BCUT2D eigenvalue weighted by molar-refractivity contribution is -0.870. The van der Waals surface area contributed by atoms with Crippen molar-refractivity contribution in [1.82, 2.24) is 5.32 Å². The molecule has 2 N–H and O–H groups in total. The molecule has 0 aliphatic heterocycles. The Morgan fingerprint density at radius 3 is 1.25 bits per heavy atom. The molecule has 0 heterocycles. The van der Waals surface area contributed by atoms with Gasteiger partial charge < -0.3 is 28.8 Å². The summed E-state index contributed by atoms with van der Waals surface area (Å²) in [6, 6.07) is -0.822. The van der Waals surface area contributed by atoms with Crippen molar-refractivity contribution in [3.05, 3.63) is 97.2 Å². The van der Waals surface area contributed by atoms with Crippen molar-refractivity contribution in [2.24, 2.45) is 0 Å². The van der Waals surface area contributed by atoms with Gasteiger partial charge in [0.25, 0.3) is 7.82 Å². The highest BCUT2D eigenvalue weighted by Crippen LogP contribution is 2.38. The third kappa shape index (κ3) is 55.0. The van der Waals surface area contributed by atoms with E-state index in [4.69, 9.17) is 9.05 Å². The van der Waals surface area contributed by atoms with Crippen LogP contribution in [0.4, 0.5) is 0 Å². The number of allylic oxidation sites excluding steroid dienone is 16. The van der Waals surface area contributed by atoms with Crippen molar-refractivity contribution < 1.29 is 32.9 Å². The molecular weight excluding hydrogens is 900 g/mol. The second-order valence-corrected chi connectivity index (χ2v) is 22.0. The summed E-state index contributed by atoms with van der Waals surface area (Å²) < 4.78 is 23.4. The summed E-state index contributed by atoms with van der Waals surface area (Å²) in [5.41, 5.74) is 0. The molecule has 0 aromatic heterocycles. The number of unbranched alkanes of at least 4 members (excludes halogenated alkanes) is 23. The summed E-state index contributed by atoms with van der Waals surface area (Å²) in [5.74, 6) is -0.191. The van der Waals surface area contributed by atoms with E-state index in [9.17, 15) is 19.4 Å². The maximum Gasteiger partial charge on any atom is 0.268 e. The van der Waals surface area contributed by atoms with Crippen LogP contribution in [0.5, 0.6) is 0 Å². The largest absolute Gasteiger partial charge is 0.756 e. The summed E-state index contributed by atoms with van der Waals surface area (Å²) in [7, 11) is 1.28. The van der Waals surface area contributed by atoms with E-state index in [-0.39, 0.29) is 19.1 Å². The number of phosphoric ester groups is 1. The molecule has 0 bridgehead atoms. The number of carbonyl (C=O) groups excluding carboxylic acids is 1. The Kier molecular flexibility index (Phi) is 50.4. The molecule has 8 nitrogen and oxygen atoms in total. The molecule has 0 fully saturated rings. The lowest BCUT2D eigenvalue weighted by Gasteiger charge is -2.30. The maximum atomic E-state index is 13.0. The third-order valence-corrected chi connectivity index (χ3v) is 13.6. The van der Waals surface area contributed by atoms with Crippen molar-refractivity contribution in [3.8, 4) is 0 Å². The molecular formula is C62H111N2O6P. The third-order valence-electron chi connectivity index (χ3n) is 12.6. The second kappa shape index (κ2) is 52.3. The van der Waals surface area contributed by atoms with E-state index >= 15 is 0 Å². The van der Waals surface area contributed by atoms with Gasteiger partial charge in [0, 0.05) is 6.42 Å². The average Bonchev–Trinajstić information content (AvgIpc) is 3.33. The maximum absolute atomic E-state index is 13.0. The van der Waals surface area contributed by atoms with Crippen LogP contribution in [0.1, 0.15) is 239 Å². The number of amides is 1. The fourth-order valence-corrected chi connectivity index (χ4v) is 8.78. The average molecular weight is 1010 g/mol. The molecule has 0 aromatic carbocycles. The Bertz CT molecular complexity index is 1470. The minimum atomic E-state index is -4.59. The predicted octanol–water partition coefficient (Wildman–Crippen LogP) is 17.2. The molecule has 410 valence electrons. The number of carbonyl (C=O) groups is 1. The Balaban J connectivity index is 4.28. The van der Waals surface area contributed by atoms with Crippen LogP contribution in [0.25, 0.3) is 0 Å². The molecule has 1 amide bonds. The van der Waals surface area contributed by atoms with E-state index in [1.54, 1.807) is 0 Å². The van der Waals surface area contributed by atoms with E-state index in [1.165, 1.54) is 109 Å². The molecule has 71 heavy (non-hydrogen) atoms. The highest BCUT2D eigenvalue weighted by Gasteiger charge is 2.24. The number of hydrogen-bond donors (Lipinski definition) is 2. The minimum Gasteiger partial charge on any atom is -0.756 e. The van der Waals surface area contributed by atoms with E-state index in [1.807, 2.05) is 21.1 Å². The van der Waals surface area contributed by atoms with Crippen LogP contribution in [0.15, 0.2) is 97.2 Å². The van der Waals surface area contributed by atoms with Gasteiger partial charge >= 0.3 is 0 Å². The van der Waals surface area contributed by atoms with E-state index in [2.05, 4.69) is 116 Å². The highest BCUT2D eigenvalue weighted by atomic mass is 31.2. The standard InChI is InChI=1S/C62H111N2O6P/c1-6-8-10-12-14-16-18-20-22-24-26-28-29-30-31-32-33-34-35-36-38-40-42-44-46-48-50-52-54-56-62(66)63-60(59-70-71(67,68)69-58-57-64(3,4)5)61(65)55-53-51-49-47-45-43-41-39-37-27-25-23-21-19-17-15-13-11-9-7-2/h8,10,14,16,20,22,26,28,30-31,33-34,36,38,42,44,60-61,65H,6-7,9,11-13,15,17-19,21,23-25,27,29,32,35,37,39-41,43,45-59H2,1-5H3,(H-,63,66,67,68)/b10-8-,16-14-,22-20-,28-26-,31-30-,34-33-,38-36-,44-42-. The van der Waals surface area contributed by atoms with Crippen molar-refractivity contribution in [1.29, 1.82) is 0 Å². The van der Waals surface area contributed by atoms with E-state index in [0.29, 0.717) is 23.9 Å². The lowest BCUT2D eigenvalue weighted by atomic mass is 10.0. The second-order valence-electron chi connectivity index (χ2n) is 20.6. The quantitative estimate of drug-likeness (QED) is 0.0272. The smallest absolute Gasteiger partial charge is 0.268 e. The van der Waals surface area contributed by atoms with Gasteiger partial charge in [0.15, 0.2) is 0 Å². The fourth-order valence-electron chi connectivity index (χ4n) is 8.06. The zero-order valence-corrected chi connectivity index (χ0v) is 47.5. The zero-order chi connectivity index (χ0) is 52.0. The van der Waals surface area contributed by atoms with Crippen molar-refractivity contribution >= 4 is 13.7 Å². The highest BCUT2D eigenvalue weighted by molar-refractivity contribution is 7.45. The van der Waals surface area contributed by atoms with Crippen LogP contribution in [-0.2, 0) is 18.4 Å². The molecule has 0 aliphatic rings. The van der Waals surface area contributed by atoms with Crippen molar-refractivity contribution in [2.45, 2.75) is 251 Å². The van der Waals surface area contributed by atoms with Crippen LogP contribution in [0, 0.1) is 0 Å². The van der Waals surface area contributed by atoms with Crippen LogP contribution in [0.2, 0.25) is 0 Å². The summed E-state index contributed by atoms with van der Waals surface area (Å²) >= 11 is 0. The first-order chi connectivity index (χ1) is 34.5. The van der Waals surface area contributed by atoms with Crippen molar-refractivity contribution in [2.75, 3.05) is 40.9 Å². The molecule has 0 saturated heterocycles. The number of likely N-dealkylation sites (N-methyl/N-ethyl adjacent to an activating group) is 1. The first-order valence-electron chi connectivity index (χ1n) is 29.1. The normalized spacial score (nSPS) is 14.6. The first kappa shape index (κ1) is 68.4. The number of aliphatic hydroxyl groups excluding tert-OH is 1. The van der Waals surface area contributed by atoms with Gasteiger partial charge in [-0.15, -0.1) is 0 Å². The van der Waals surface area contributed by atoms with Crippen LogP contribution >= 0.6 is 7.82 Å². The number of phosphoric acid groups is 1. The zero-order valence-electron chi connectivity index (χ0n) is 46.6. The SMILES string of the molecule is CC/C=C\C/C=C\C/C=C\C/C=C\C/C=C\C/C=C\C/C=C\C/C=C\CCCCCCC(=O)NC(COP(=O)([O-])OCC[N+](C)(C)C)C(O)CCCCCCCCCCCCCCCCCCCCCC. The van der Waals surface area contributed by atoms with Gasteiger partial charge in [0.1, 0.15) is 13.2 Å². The van der Waals surface area contributed by atoms with Gasteiger partial charge in [0.05, 0.1) is 39.9 Å². The number of rotatable bonds is 52. The number of nitrogens with one attached hydrogen (secondary N) is 1. The monoisotopic (exact) mass is 1010 g/mol. The molecule has 3 atom stereocenters. The Morgan fingerprint density at radius 2 is 0.859 bits per heavy atom. The molecule has 0 spiro atoms. The molecule has 0 aliphatic carbocycles. The molecule has 0 rings (SSSR count). The summed E-state index contributed by atoms with van der Waals surface area (Å²) in [5, 5.41) is 14.0. The fraction of sp³-hybridized carbons (Fsp3) is 0.726. The minimum absolute atomic E-state index is 0.00181. The number of quaternary nitrogens is 1. The van der Waals surface area contributed by atoms with Gasteiger partial charge in [-0.1, -0.05) is 252 Å². The predicted molar refractivity (Wildman–Crippen MR) is 306 cm³/mol. The number of aliphatic hydroxyl groups is 1. The molecule has 0 saturated carbocycles. The van der Waals surface area contributed by atoms with Crippen LogP contribution < -0.4 is 10.2 Å². The Morgan fingerprint density at radius 1 is 0.507 bits per heavy atom. The van der Waals surface area contributed by atoms with Gasteiger partial charge in [-0.2, -0.15) is 0 Å². The van der Waals surface area contributed by atoms with E-state index < -0.39 is 20.0 Å². The van der Waals surface area contributed by atoms with Crippen LogP contribution in [-0.4, -0.2) is 68.5 Å². The first-order valence-corrected chi connectivity index (χ1v) is 30.5. The summed E-state index contributed by atoms with van der Waals surface area (Å²) in [4.78, 5) is 25.5. The topological polar surface area (TPSA) is 108 Å². The van der Waals surface area contributed by atoms with Gasteiger partial charge in [-0.05, 0) is 77.0 Å². The Hall–Kier alpha value is -2.58. The molecule has 3 unspecified atom stereocenters. The van der Waals surface area contributed by atoms with Gasteiger partial charge in [0.2, 0.25) is 5.91 Å². The van der Waals surface area contributed by atoms with Gasteiger partial charge in [-0.25, -0.2) is 0 Å². The summed E-state index contributed by atoms with van der Waals surface area (Å²) in [6.45, 7) is 4.59. The molecule has 9 heteroatoms. The summed E-state index contributed by atoms with van der Waals surface area (Å²) in [6.07, 6.45) is 74.3. The van der Waals surface area contributed by atoms with Crippen LogP contribution in [0.3, 0.4) is 0 Å². The number of nitrogens with zero attached hydrogens (tertiary/aromatic N) is 1. The molecule has 0 radical (unpaired) electrons. The van der Waals surface area contributed by atoms with Gasteiger partial charge in [-0.3, -0.25) is 9.36 Å². The van der Waals surface area contributed by atoms with E-state index in [0.717, 1.165) is 103 Å². The number of hydrogen-bond acceptors (Lipinski definition) is 6. The Labute approximate surface area is 439 Å². The van der Waals surface area contributed by atoms with Crippen molar-refractivity contribution in [3.63, 3.8) is 0 Å². The molecule has 0 aromatic rings. The lowest BCUT2D eigenvalue weighted by Crippen LogP contribution is -2.46.